The molecular formula is C16H28. The molecule has 0 N–H and O–H groups in total. The van der Waals surface area contributed by atoms with Crippen molar-refractivity contribution in [1.29, 1.82) is 0 Å². The quantitative estimate of drug-likeness (QED) is 0.427. The van der Waals surface area contributed by atoms with E-state index >= 15 is 0 Å². The van der Waals surface area contributed by atoms with Crippen LogP contribution in [-0.4, -0.2) is 0 Å². The Labute approximate surface area is 102 Å². The highest BCUT2D eigenvalue weighted by Crippen LogP contribution is 2.31. The molecule has 0 radical (unpaired) electrons. The van der Waals surface area contributed by atoms with E-state index in [1.54, 1.807) is 0 Å². The van der Waals surface area contributed by atoms with Crippen LogP contribution in [0.2, 0.25) is 0 Å². The Kier molecular flexibility index (Phi) is 7.39. The normalized spacial score (nSPS) is 24.9. The van der Waals surface area contributed by atoms with Crippen molar-refractivity contribution in [3.05, 3.63) is 0 Å². The Morgan fingerprint density at radius 2 is 1.62 bits per heavy atom. The van der Waals surface area contributed by atoms with Crippen molar-refractivity contribution in [2.75, 3.05) is 0 Å². The lowest BCUT2D eigenvalue weighted by Gasteiger charge is -2.25. The van der Waals surface area contributed by atoms with Crippen molar-refractivity contribution >= 4 is 0 Å². The molecule has 1 rings (SSSR count). The molecule has 92 valence electrons. The van der Waals surface area contributed by atoms with E-state index in [0.29, 0.717) is 0 Å². The third-order valence-corrected chi connectivity index (χ3v) is 3.91. The summed E-state index contributed by atoms with van der Waals surface area (Å²) in [5.41, 5.74) is 0. The first-order chi connectivity index (χ1) is 7.86. The molecule has 1 aliphatic rings. The molecule has 0 heterocycles. The summed E-state index contributed by atoms with van der Waals surface area (Å²) < 4.78 is 0. The van der Waals surface area contributed by atoms with Crippen molar-refractivity contribution in [2.24, 2.45) is 11.8 Å². The summed E-state index contributed by atoms with van der Waals surface area (Å²) in [4.78, 5) is 0. The minimum Gasteiger partial charge on any atom is -0.106 e. The molecule has 1 saturated carbocycles. The molecule has 0 aromatic heterocycles. The van der Waals surface area contributed by atoms with Gasteiger partial charge in [-0.15, -0.1) is 11.8 Å². The Bertz CT molecular complexity index is 210. The average molecular weight is 220 g/mol. The summed E-state index contributed by atoms with van der Waals surface area (Å²) >= 11 is 0. The second-order valence-corrected chi connectivity index (χ2v) is 5.31. The van der Waals surface area contributed by atoms with Crippen LogP contribution in [-0.2, 0) is 0 Å². The molecule has 0 aliphatic heterocycles. The van der Waals surface area contributed by atoms with Gasteiger partial charge in [-0.2, -0.15) is 0 Å². The fourth-order valence-electron chi connectivity index (χ4n) is 2.84. The zero-order valence-corrected chi connectivity index (χ0v) is 11.2. The Hall–Kier alpha value is -0.440. The van der Waals surface area contributed by atoms with Crippen LogP contribution in [0.4, 0.5) is 0 Å². The predicted octanol–water partition coefficient (Wildman–Crippen LogP) is 5.18. The first kappa shape index (κ1) is 13.6. The summed E-state index contributed by atoms with van der Waals surface area (Å²) in [7, 11) is 0. The zero-order chi connectivity index (χ0) is 11.6. The number of hydrogen-bond donors (Lipinski definition) is 0. The highest BCUT2D eigenvalue weighted by atomic mass is 14.2. The molecule has 0 amide bonds. The van der Waals surface area contributed by atoms with Gasteiger partial charge < -0.3 is 0 Å². The largest absolute Gasteiger partial charge is 0.106 e. The van der Waals surface area contributed by atoms with Gasteiger partial charge in [0.1, 0.15) is 0 Å². The van der Waals surface area contributed by atoms with Crippen LogP contribution < -0.4 is 0 Å². The minimum atomic E-state index is 0.723. The maximum atomic E-state index is 3.34. The Morgan fingerprint density at radius 1 is 0.938 bits per heavy atom. The van der Waals surface area contributed by atoms with Crippen LogP contribution >= 0.6 is 0 Å². The highest BCUT2D eigenvalue weighted by Gasteiger charge is 2.18. The van der Waals surface area contributed by atoms with Gasteiger partial charge in [0.25, 0.3) is 0 Å². The molecule has 0 unspecified atom stereocenters. The van der Waals surface area contributed by atoms with Gasteiger partial charge in [0.2, 0.25) is 0 Å². The summed E-state index contributed by atoms with van der Waals surface area (Å²) in [6, 6.07) is 0. The smallest absolute Gasteiger partial charge is 0.0203 e. The maximum absolute atomic E-state index is 3.34. The zero-order valence-electron chi connectivity index (χ0n) is 11.2. The van der Waals surface area contributed by atoms with Crippen LogP contribution in [0.15, 0.2) is 0 Å². The van der Waals surface area contributed by atoms with Gasteiger partial charge in [-0.25, -0.2) is 0 Å². The second kappa shape index (κ2) is 8.68. The summed E-state index contributed by atoms with van der Waals surface area (Å²) in [6.45, 7) is 4.26. The SMILES string of the molecule is CC#CC1CCC(CCCCCCC)CC1. The predicted molar refractivity (Wildman–Crippen MR) is 72.3 cm³/mol. The molecule has 1 fully saturated rings. The number of unbranched alkanes of at least 4 members (excludes halogenated alkanes) is 4. The van der Waals surface area contributed by atoms with E-state index < -0.39 is 0 Å². The molecule has 0 saturated heterocycles. The summed E-state index contributed by atoms with van der Waals surface area (Å²) in [6.07, 6.45) is 14.3. The van der Waals surface area contributed by atoms with Crippen molar-refractivity contribution in [2.45, 2.75) is 78.1 Å². The maximum Gasteiger partial charge on any atom is 0.0203 e. The van der Waals surface area contributed by atoms with Gasteiger partial charge in [-0.1, -0.05) is 45.4 Å². The van der Waals surface area contributed by atoms with Crippen molar-refractivity contribution in [1.82, 2.24) is 0 Å². The van der Waals surface area contributed by atoms with E-state index in [0.717, 1.165) is 11.8 Å². The van der Waals surface area contributed by atoms with Gasteiger partial charge in [-0.05, 0) is 38.5 Å². The lowest BCUT2D eigenvalue weighted by molar-refractivity contribution is 0.294. The van der Waals surface area contributed by atoms with E-state index in [1.165, 1.54) is 64.2 Å². The second-order valence-electron chi connectivity index (χ2n) is 5.31. The molecule has 16 heavy (non-hydrogen) atoms. The molecule has 0 atom stereocenters. The first-order valence-electron chi connectivity index (χ1n) is 7.29. The minimum absolute atomic E-state index is 0.723. The van der Waals surface area contributed by atoms with Crippen molar-refractivity contribution < 1.29 is 0 Å². The van der Waals surface area contributed by atoms with Crippen LogP contribution in [0.1, 0.15) is 78.1 Å². The number of rotatable bonds is 6. The van der Waals surface area contributed by atoms with Gasteiger partial charge in [-0.3, -0.25) is 0 Å². The average Bonchev–Trinajstić information content (AvgIpc) is 2.31. The van der Waals surface area contributed by atoms with Gasteiger partial charge in [0.15, 0.2) is 0 Å². The molecule has 0 spiro atoms. The van der Waals surface area contributed by atoms with Crippen molar-refractivity contribution in [3.8, 4) is 11.8 Å². The van der Waals surface area contributed by atoms with Crippen LogP contribution in [0.25, 0.3) is 0 Å². The third-order valence-electron chi connectivity index (χ3n) is 3.91. The van der Waals surface area contributed by atoms with Crippen LogP contribution in [0.5, 0.6) is 0 Å². The van der Waals surface area contributed by atoms with E-state index in [2.05, 4.69) is 18.8 Å². The van der Waals surface area contributed by atoms with Gasteiger partial charge >= 0.3 is 0 Å². The Balaban J connectivity index is 2.01. The molecule has 0 aromatic rings. The third kappa shape index (κ3) is 5.59. The molecule has 0 bridgehead atoms. The molecule has 0 nitrogen and oxygen atoms in total. The monoisotopic (exact) mass is 220 g/mol. The standard InChI is InChI=1S/C16H28/c1-3-5-6-7-8-10-16-13-11-15(9-4-2)12-14-16/h15-16H,3,5-8,10-14H2,1-2H3. The number of hydrogen-bond acceptors (Lipinski definition) is 0. The van der Waals surface area contributed by atoms with Crippen LogP contribution in [0, 0.1) is 23.7 Å². The summed E-state index contributed by atoms with van der Waals surface area (Å²) in [5.74, 6) is 8.16. The fourth-order valence-corrected chi connectivity index (χ4v) is 2.84. The molecule has 0 aromatic carbocycles. The lowest BCUT2D eigenvalue weighted by atomic mass is 9.80. The first-order valence-corrected chi connectivity index (χ1v) is 7.29. The van der Waals surface area contributed by atoms with E-state index in [9.17, 15) is 0 Å². The van der Waals surface area contributed by atoms with Crippen LogP contribution in [0.3, 0.4) is 0 Å². The Morgan fingerprint density at radius 3 is 2.25 bits per heavy atom. The fraction of sp³-hybridized carbons (Fsp3) is 0.875. The van der Waals surface area contributed by atoms with Gasteiger partial charge in [0, 0.05) is 5.92 Å². The van der Waals surface area contributed by atoms with E-state index in [1.807, 2.05) is 6.92 Å². The van der Waals surface area contributed by atoms with E-state index in [4.69, 9.17) is 0 Å². The lowest BCUT2D eigenvalue weighted by Crippen LogP contribution is -2.13. The molecule has 1 aliphatic carbocycles. The topological polar surface area (TPSA) is 0 Å². The summed E-state index contributed by atoms with van der Waals surface area (Å²) in [5, 5.41) is 0. The molecule has 0 heteroatoms. The van der Waals surface area contributed by atoms with Crippen molar-refractivity contribution in [3.63, 3.8) is 0 Å². The highest BCUT2D eigenvalue weighted by molar-refractivity contribution is 5.02. The molecular weight excluding hydrogens is 192 g/mol. The van der Waals surface area contributed by atoms with E-state index in [-0.39, 0.29) is 0 Å². The van der Waals surface area contributed by atoms with Gasteiger partial charge in [0.05, 0.1) is 0 Å².